The Bertz CT molecular complexity index is 1330. The summed E-state index contributed by atoms with van der Waals surface area (Å²) < 4.78 is 34.3. The molecule has 6 nitrogen and oxygen atoms in total. The van der Waals surface area contributed by atoms with E-state index in [1.807, 2.05) is 36.4 Å². The molecule has 2 atom stereocenters. The van der Waals surface area contributed by atoms with Gasteiger partial charge in [0.1, 0.15) is 23.0 Å². The van der Waals surface area contributed by atoms with E-state index < -0.39 is 0 Å². The van der Waals surface area contributed by atoms with Crippen LogP contribution in [0.2, 0.25) is 0 Å². The van der Waals surface area contributed by atoms with Gasteiger partial charge in [-0.1, -0.05) is 60.7 Å². The van der Waals surface area contributed by atoms with Crippen LogP contribution in [0, 0.1) is 11.8 Å². The van der Waals surface area contributed by atoms with Gasteiger partial charge in [-0.25, -0.2) is 0 Å². The SMILES string of the molecule is COc1cc(COCCC[C@@H](Cc2ccccc2)[C@@H](COCc2cc(OC)cc(OC)c2)Cc2ccccc2)cc(OC)c1. The van der Waals surface area contributed by atoms with Crippen molar-refractivity contribution in [1.82, 2.24) is 0 Å². The van der Waals surface area contributed by atoms with Crippen molar-refractivity contribution in [3.05, 3.63) is 119 Å². The van der Waals surface area contributed by atoms with Crippen LogP contribution in [0.4, 0.5) is 0 Å². The second-order valence-electron chi connectivity index (χ2n) is 11.1. The third kappa shape index (κ3) is 10.6. The summed E-state index contributed by atoms with van der Waals surface area (Å²) in [5, 5.41) is 0. The fourth-order valence-electron chi connectivity index (χ4n) is 5.56. The Hall–Kier alpha value is -4.00. The lowest BCUT2D eigenvalue weighted by Crippen LogP contribution is -2.25. The van der Waals surface area contributed by atoms with Crippen molar-refractivity contribution in [3.8, 4) is 23.0 Å². The van der Waals surface area contributed by atoms with Gasteiger partial charge in [-0.3, -0.25) is 0 Å². The van der Waals surface area contributed by atoms with Crippen molar-refractivity contribution in [3.63, 3.8) is 0 Å². The number of hydrogen-bond acceptors (Lipinski definition) is 6. The van der Waals surface area contributed by atoms with Gasteiger partial charge in [0, 0.05) is 18.7 Å². The summed E-state index contributed by atoms with van der Waals surface area (Å²) in [4.78, 5) is 0. The zero-order chi connectivity index (χ0) is 31.0. The van der Waals surface area contributed by atoms with Crippen LogP contribution in [0.5, 0.6) is 23.0 Å². The Morgan fingerprint density at radius 3 is 1.36 bits per heavy atom. The Morgan fingerprint density at radius 2 is 0.909 bits per heavy atom. The molecule has 0 bridgehead atoms. The van der Waals surface area contributed by atoms with Crippen LogP contribution in [-0.4, -0.2) is 41.7 Å². The van der Waals surface area contributed by atoms with Gasteiger partial charge in [0.05, 0.1) is 48.3 Å². The maximum absolute atomic E-state index is 6.43. The van der Waals surface area contributed by atoms with Gasteiger partial charge in [0.25, 0.3) is 0 Å². The Labute approximate surface area is 262 Å². The number of benzene rings is 4. The van der Waals surface area contributed by atoms with Gasteiger partial charge >= 0.3 is 0 Å². The maximum Gasteiger partial charge on any atom is 0.122 e. The van der Waals surface area contributed by atoms with Crippen LogP contribution in [0.15, 0.2) is 97.1 Å². The summed E-state index contributed by atoms with van der Waals surface area (Å²) in [7, 11) is 6.66. The van der Waals surface area contributed by atoms with Crippen molar-refractivity contribution in [1.29, 1.82) is 0 Å². The molecule has 6 heteroatoms. The maximum atomic E-state index is 6.43. The minimum Gasteiger partial charge on any atom is -0.497 e. The van der Waals surface area contributed by atoms with Crippen molar-refractivity contribution in [2.75, 3.05) is 41.7 Å². The summed E-state index contributed by atoms with van der Waals surface area (Å²) in [6, 6.07) is 33.2. The first kappa shape index (κ1) is 32.9. The first-order valence-electron chi connectivity index (χ1n) is 15.3. The number of ether oxygens (including phenoxy) is 6. The van der Waals surface area contributed by atoms with Crippen LogP contribution in [0.25, 0.3) is 0 Å². The first-order valence-corrected chi connectivity index (χ1v) is 15.3. The van der Waals surface area contributed by atoms with Crippen molar-refractivity contribution in [2.45, 2.75) is 38.9 Å². The molecule has 0 N–H and O–H groups in total. The number of hydrogen-bond donors (Lipinski definition) is 0. The van der Waals surface area contributed by atoms with Crippen molar-refractivity contribution < 1.29 is 28.4 Å². The molecule has 0 aliphatic carbocycles. The van der Waals surface area contributed by atoms with Gasteiger partial charge in [-0.15, -0.1) is 0 Å². The molecule has 0 unspecified atom stereocenters. The lowest BCUT2D eigenvalue weighted by atomic mass is 9.80. The van der Waals surface area contributed by atoms with Gasteiger partial charge < -0.3 is 28.4 Å². The molecule has 4 aromatic carbocycles. The zero-order valence-electron chi connectivity index (χ0n) is 26.5. The summed E-state index contributed by atoms with van der Waals surface area (Å²) in [5.74, 6) is 3.80. The summed E-state index contributed by atoms with van der Waals surface area (Å²) in [6.07, 6.45) is 3.92. The first-order chi connectivity index (χ1) is 21.6. The molecule has 0 aliphatic rings. The molecule has 0 heterocycles. The Kier molecular flexibility index (Phi) is 13.4. The topological polar surface area (TPSA) is 55.4 Å². The fraction of sp³-hybridized carbons (Fsp3) is 0.368. The second-order valence-corrected chi connectivity index (χ2v) is 11.1. The number of rotatable bonds is 19. The highest BCUT2D eigenvalue weighted by molar-refractivity contribution is 5.39. The summed E-state index contributed by atoms with van der Waals surface area (Å²) in [6.45, 7) is 2.32. The molecular formula is C38H46O6. The molecule has 0 radical (unpaired) electrons. The fourth-order valence-corrected chi connectivity index (χ4v) is 5.56. The highest BCUT2D eigenvalue weighted by Crippen LogP contribution is 2.29. The molecule has 0 amide bonds. The van der Waals surface area contributed by atoms with E-state index in [4.69, 9.17) is 28.4 Å². The van der Waals surface area contributed by atoms with Crippen LogP contribution >= 0.6 is 0 Å². The summed E-state index contributed by atoms with van der Waals surface area (Å²) in [5.41, 5.74) is 4.73. The smallest absolute Gasteiger partial charge is 0.122 e. The molecule has 4 rings (SSSR count). The van der Waals surface area contributed by atoms with E-state index in [2.05, 4.69) is 60.7 Å². The third-order valence-corrected chi connectivity index (χ3v) is 7.90. The highest BCUT2D eigenvalue weighted by Gasteiger charge is 2.23. The van der Waals surface area contributed by atoms with E-state index in [0.717, 1.165) is 59.8 Å². The van der Waals surface area contributed by atoms with Gasteiger partial charge in [-0.05, 0) is 84.0 Å². The molecule has 0 saturated heterocycles. The number of methoxy groups -OCH3 is 4. The van der Waals surface area contributed by atoms with Crippen LogP contribution in [-0.2, 0) is 35.5 Å². The van der Waals surface area contributed by atoms with E-state index in [1.165, 1.54) is 11.1 Å². The van der Waals surface area contributed by atoms with Crippen LogP contribution < -0.4 is 18.9 Å². The molecule has 0 aromatic heterocycles. The second kappa shape index (κ2) is 18.0. The normalized spacial score (nSPS) is 12.4. The minimum atomic E-state index is 0.327. The largest absolute Gasteiger partial charge is 0.497 e. The molecule has 0 aliphatic heterocycles. The standard InChI is InChI=1S/C38H46O6/c1-39-35-20-31(21-36(24-35)40-2)26-43-17-11-16-33(18-29-12-7-5-8-13-29)34(19-30-14-9-6-10-15-30)28-44-27-32-22-37(41-3)25-38(23-32)42-4/h5-10,12-15,20-25,33-34H,11,16-19,26-28H2,1-4H3/t33-,34+/m0/s1. The molecular weight excluding hydrogens is 552 g/mol. The Morgan fingerprint density at radius 1 is 0.477 bits per heavy atom. The Balaban J connectivity index is 1.44. The molecule has 0 fully saturated rings. The van der Waals surface area contributed by atoms with Crippen molar-refractivity contribution >= 4 is 0 Å². The highest BCUT2D eigenvalue weighted by atomic mass is 16.5. The van der Waals surface area contributed by atoms with E-state index in [0.29, 0.717) is 38.3 Å². The quantitative estimate of drug-likeness (QED) is 0.102. The zero-order valence-corrected chi connectivity index (χ0v) is 26.5. The average molecular weight is 599 g/mol. The van der Waals surface area contributed by atoms with Gasteiger partial charge in [0.2, 0.25) is 0 Å². The average Bonchev–Trinajstić information content (AvgIpc) is 3.07. The van der Waals surface area contributed by atoms with Crippen LogP contribution in [0.1, 0.15) is 35.1 Å². The molecule has 0 spiro atoms. The van der Waals surface area contributed by atoms with E-state index >= 15 is 0 Å². The predicted octanol–water partition coefficient (Wildman–Crippen LogP) is 7.95. The van der Waals surface area contributed by atoms with E-state index in [9.17, 15) is 0 Å². The van der Waals surface area contributed by atoms with Crippen LogP contribution in [0.3, 0.4) is 0 Å². The molecule has 234 valence electrons. The van der Waals surface area contributed by atoms with Crippen molar-refractivity contribution in [2.24, 2.45) is 11.8 Å². The lowest BCUT2D eigenvalue weighted by Gasteiger charge is -2.28. The molecule has 0 saturated carbocycles. The third-order valence-electron chi connectivity index (χ3n) is 7.90. The van der Waals surface area contributed by atoms with E-state index in [-0.39, 0.29) is 0 Å². The van der Waals surface area contributed by atoms with Gasteiger partial charge in [0.15, 0.2) is 0 Å². The minimum absolute atomic E-state index is 0.327. The van der Waals surface area contributed by atoms with Gasteiger partial charge in [-0.2, -0.15) is 0 Å². The predicted molar refractivity (Wildman–Crippen MR) is 175 cm³/mol. The lowest BCUT2D eigenvalue weighted by molar-refractivity contribution is 0.0579. The molecule has 4 aromatic rings. The molecule has 44 heavy (non-hydrogen) atoms. The van der Waals surface area contributed by atoms with E-state index in [1.54, 1.807) is 28.4 Å². The monoisotopic (exact) mass is 598 g/mol. The summed E-state index contributed by atoms with van der Waals surface area (Å²) >= 11 is 0.